The molecule has 0 unspecified atom stereocenters. The Kier molecular flexibility index (Phi) is 11.8. The molecule has 1 fully saturated rings. The summed E-state index contributed by atoms with van der Waals surface area (Å²) in [5, 5.41) is 0. The molecule has 1 heterocycles. The number of unbranched alkanes of at least 4 members (excludes halogenated alkanes) is 1. The lowest BCUT2D eigenvalue weighted by molar-refractivity contribution is -0.144. The molecule has 32 heavy (non-hydrogen) atoms. The van der Waals surface area contributed by atoms with Crippen molar-refractivity contribution in [3.8, 4) is 0 Å². The van der Waals surface area contributed by atoms with E-state index < -0.39 is 0 Å². The van der Waals surface area contributed by atoms with Gasteiger partial charge >= 0.3 is 5.97 Å². The number of hydrogen-bond acceptors (Lipinski definition) is 4. The second-order valence-electron chi connectivity index (χ2n) is 11.3. The fourth-order valence-corrected chi connectivity index (χ4v) is 5.19. The molecule has 1 saturated carbocycles. The maximum absolute atomic E-state index is 12.9. The summed E-state index contributed by atoms with van der Waals surface area (Å²) in [6, 6.07) is 0. The van der Waals surface area contributed by atoms with Gasteiger partial charge in [-0.25, -0.2) is 0 Å². The lowest BCUT2D eigenvalue weighted by Gasteiger charge is -2.37. The molecule has 0 bridgehead atoms. The summed E-state index contributed by atoms with van der Waals surface area (Å²) in [7, 11) is 0. The SMILES string of the molecule is CC(C)CN1C=C(C(=O)CCC(=O)OCCCCC2CCCCCCCC2)C(C)(C)CC1. The predicted molar refractivity (Wildman–Crippen MR) is 132 cm³/mol. The Morgan fingerprint density at radius 2 is 1.69 bits per heavy atom. The summed E-state index contributed by atoms with van der Waals surface area (Å²) in [6.07, 6.45) is 18.0. The van der Waals surface area contributed by atoms with E-state index in [9.17, 15) is 9.59 Å². The predicted octanol–water partition coefficient (Wildman–Crippen LogP) is 7.07. The van der Waals surface area contributed by atoms with Gasteiger partial charge in [0.25, 0.3) is 0 Å². The molecule has 0 saturated heterocycles. The highest BCUT2D eigenvalue weighted by Crippen LogP contribution is 2.36. The first-order chi connectivity index (χ1) is 15.3. The fraction of sp³-hybridized carbons (Fsp3) is 0.857. The Morgan fingerprint density at radius 1 is 1.03 bits per heavy atom. The molecule has 2 aliphatic rings. The lowest BCUT2D eigenvalue weighted by atomic mass is 9.76. The summed E-state index contributed by atoms with van der Waals surface area (Å²) in [6.45, 7) is 11.1. The number of esters is 1. The van der Waals surface area contributed by atoms with Crippen LogP contribution in [0.15, 0.2) is 11.8 Å². The second-order valence-corrected chi connectivity index (χ2v) is 11.3. The number of ether oxygens (including phenoxy) is 1. The first kappa shape index (κ1) is 26.9. The van der Waals surface area contributed by atoms with E-state index in [1.165, 1.54) is 57.8 Å². The van der Waals surface area contributed by atoms with Crippen LogP contribution in [0.3, 0.4) is 0 Å². The van der Waals surface area contributed by atoms with Gasteiger partial charge in [0.2, 0.25) is 0 Å². The van der Waals surface area contributed by atoms with Crippen LogP contribution in [-0.4, -0.2) is 36.3 Å². The summed E-state index contributed by atoms with van der Waals surface area (Å²) in [5.41, 5.74) is 0.747. The number of Topliss-reactive ketones (excluding diaryl/α,β-unsaturated/α-hetero) is 1. The molecule has 0 atom stereocenters. The van der Waals surface area contributed by atoms with E-state index >= 15 is 0 Å². The average molecular weight is 448 g/mol. The van der Waals surface area contributed by atoms with Crippen LogP contribution in [0.25, 0.3) is 0 Å². The maximum atomic E-state index is 12.9. The van der Waals surface area contributed by atoms with E-state index in [1.807, 2.05) is 0 Å². The Labute approximate surface area is 197 Å². The molecule has 0 aromatic rings. The van der Waals surface area contributed by atoms with Gasteiger partial charge in [0.15, 0.2) is 5.78 Å². The van der Waals surface area contributed by atoms with Crippen LogP contribution in [0.2, 0.25) is 0 Å². The molecule has 1 aliphatic heterocycles. The van der Waals surface area contributed by atoms with Crippen molar-refractivity contribution >= 4 is 11.8 Å². The first-order valence-corrected chi connectivity index (χ1v) is 13.4. The van der Waals surface area contributed by atoms with E-state index in [2.05, 4.69) is 38.8 Å². The molecule has 0 aromatic carbocycles. The van der Waals surface area contributed by atoms with Crippen LogP contribution in [0, 0.1) is 17.3 Å². The van der Waals surface area contributed by atoms with Gasteiger partial charge in [0.05, 0.1) is 13.0 Å². The summed E-state index contributed by atoms with van der Waals surface area (Å²) in [5.74, 6) is 1.30. The maximum Gasteiger partial charge on any atom is 0.306 e. The minimum Gasteiger partial charge on any atom is -0.466 e. The van der Waals surface area contributed by atoms with Crippen molar-refractivity contribution < 1.29 is 14.3 Å². The standard InChI is InChI=1S/C28H49NO3/c1-23(2)21-29-19-18-28(3,4)25(22-29)26(30)16-17-27(31)32-20-12-11-15-24-13-9-7-5-6-8-10-14-24/h22-24H,5-21H2,1-4H3. The zero-order valence-electron chi connectivity index (χ0n) is 21.4. The highest BCUT2D eigenvalue weighted by atomic mass is 16.5. The molecule has 4 nitrogen and oxygen atoms in total. The van der Waals surface area contributed by atoms with Crippen LogP contribution in [-0.2, 0) is 14.3 Å². The molecule has 2 rings (SSSR count). The number of hydrogen-bond donors (Lipinski definition) is 0. The van der Waals surface area contributed by atoms with Crippen LogP contribution in [0.4, 0.5) is 0 Å². The van der Waals surface area contributed by atoms with E-state index in [4.69, 9.17) is 4.74 Å². The van der Waals surface area contributed by atoms with Crippen molar-refractivity contribution in [1.29, 1.82) is 0 Å². The number of carbonyl (C=O) groups is 2. The highest BCUT2D eigenvalue weighted by Gasteiger charge is 2.32. The Bertz CT molecular complexity index is 598. The van der Waals surface area contributed by atoms with Gasteiger partial charge in [-0.1, -0.05) is 85.5 Å². The minimum atomic E-state index is -0.228. The van der Waals surface area contributed by atoms with Crippen molar-refractivity contribution in [3.63, 3.8) is 0 Å². The molecule has 0 amide bonds. The average Bonchev–Trinajstić information content (AvgIpc) is 2.86. The zero-order chi connectivity index (χ0) is 23.4. The van der Waals surface area contributed by atoms with Gasteiger partial charge in [-0.2, -0.15) is 0 Å². The Morgan fingerprint density at radius 3 is 2.34 bits per heavy atom. The van der Waals surface area contributed by atoms with Crippen molar-refractivity contribution in [2.24, 2.45) is 17.3 Å². The normalized spacial score (nSPS) is 20.3. The van der Waals surface area contributed by atoms with Gasteiger partial charge in [-0.15, -0.1) is 0 Å². The van der Waals surface area contributed by atoms with Gasteiger partial charge in [0.1, 0.15) is 0 Å². The van der Waals surface area contributed by atoms with Gasteiger partial charge in [0, 0.05) is 31.3 Å². The molecular weight excluding hydrogens is 398 g/mol. The number of ketones is 1. The Balaban J connectivity index is 1.65. The first-order valence-electron chi connectivity index (χ1n) is 13.4. The number of allylic oxidation sites excluding steroid dienone is 1. The zero-order valence-corrected chi connectivity index (χ0v) is 21.4. The second kappa shape index (κ2) is 14.1. The van der Waals surface area contributed by atoms with Crippen LogP contribution in [0.1, 0.15) is 118 Å². The minimum absolute atomic E-state index is 0.0978. The summed E-state index contributed by atoms with van der Waals surface area (Å²) in [4.78, 5) is 27.3. The van der Waals surface area contributed by atoms with Crippen molar-refractivity contribution in [2.45, 2.75) is 118 Å². The molecular formula is C28H49NO3. The monoisotopic (exact) mass is 447 g/mol. The third kappa shape index (κ3) is 10.1. The van der Waals surface area contributed by atoms with Crippen molar-refractivity contribution in [2.75, 3.05) is 19.7 Å². The third-order valence-electron chi connectivity index (χ3n) is 7.27. The van der Waals surface area contributed by atoms with E-state index in [0.29, 0.717) is 12.5 Å². The summed E-state index contributed by atoms with van der Waals surface area (Å²) < 4.78 is 5.44. The van der Waals surface area contributed by atoms with Crippen molar-refractivity contribution in [1.82, 2.24) is 4.90 Å². The molecule has 184 valence electrons. The molecule has 0 radical (unpaired) electrons. The number of nitrogens with zero attached hydrogens (tertiary/aromatic N) is 1. The van der Waals surface area contributed by atoms with Gasteiger partial charge < -0.3 is 9.64 Å². The summed E-state index contributed by atoms with van der Waals surface area (Å²) >= 11 is 0. The fourth-order valence-electron chi connectivity index (χ4n) is 5.19. The number of carbonyl (C=O) groups excluding carboxylic acids is 2. The Hall–Kier alpha value is -1.32. The van der Waals surface area contributed by atoms with Crippen molar-refractivity contribution in [3.05, 3.63) is 11.8 Å². The van der Waals surface area contributed by atoms with Crippen LogP contribution < -0.4 is 0 Å². The smallest absolute Gasteiger partial charge is 0.306 e. The van der Waals surface area contributed by atoms with Crippen LogP contribution >= 0.6 is 0 Å². The molecule has 0 N–H and O–H groups in total. The van der Waals surface area contributed by atoms with Gasteiger partial charge in [-0.05, 0) is 36.5 Å². The largest absolute Gasteiger partial charge is 0.466 e. The molecule has 4 heteroatoms. The van der Waals surface area contributed by atoms with Crippen LogP contribution in [0.5, 0.6) is 0 Å². The van der Waals surface area contributed by atoms with E-state index in [1.54, 1.807) is 0 Å². The molecule has 0 aromatic heterocycles. The quantitative estimate of drug-likeness (QED) is 0.251. The lowest BCUT2D eigenvalue weighted by Crippen LogP contribution is -2.36. The molecule has 0 spiro atoms. The topological polar surface area (TPSA) is 46.6 Å². The van der Waals surface area contributed by atoms with Gasteiger partial charge in [-0.3, -0.25) is 9.59 Å². The van der Waals surface area contributed by atoms with E-state index in [-0.39, 0.29) is 30.0 Å². The highest BCUT2D eigenvalue weighted by molar-refractivity contribution is 5.98. The van der Waals surface area contributed by atoms with E-state index in [0.717, 1.165) is 43.8 Å². The third-order valence-corrected chi connectivity index (χ3v) is 7.27. The number of rotatable bonds is 11. The molecule has 1 aliphatic carbocycles.